The third kappa shape index (κ3) is 3.26. The van der Waals surface area contributed by atoms with E-state index in [1.807, 2.05) is 0 Å². The summed E-state index contributed by atoms with van der Waals surface area (Å²) in [6, 6.07) is 4.27. The predicted molar refractivity (Wildman–Crippen MR) is 103 cm³/mol. The third-order valence-electron chi connectivity index (χ3n) is 6.82. The van der Waals surface area contributed by atoms with Crippen molar-refractivity contribution in [2.45, 2.75) is 59.4 Å². The molecular weight excluding hydrogens is 496 g/mol. The highest BCUT2D eigenvalue weighted by Crippen LogP contribution is 2.58. The number of pyridine rings is 1. The number of rotatable bonds is 3. The topological polar surface area (TPSA) is 73.1 Å². The summed E-state index contributed by atoms with van der Waals surface area (Å²) in [7, 11) is -4.35. The van der Waals surface area contributed by atoms with E-state index in [1.165, 1.54) is 0 Å². The normalized spacial score (nSPS) is 25.7. The predicted octanol–water partition coefficient (Wildman–Crippen LogP) is 4.86. The number of hydrogen-bond donors (Lipinski definition) is 1. The van der Waals surface area contributed by atoms with Crippen LogP contribution in [0, 0.1) is 11.7 Å². The summed E-state index contributed by atoms with van der Waals surface area (Å²) >= 11 is 0. The average Bonchev–Trinajstić information content (AvgIpc) is 3.10. The van der Waals surface area contributed by atoms with Gasteiger partial charge in [0.2, 0.25) is 0 Å². The maximum Gasteiger partial charge on any atom is 0.437 e. The van der Waals surface area contributed by atoms with Crippen LogP contribution in [0.4, 0.5) is 35.1 Å². The number of alkyl halides is 7. The van der Waals surface area contributed by atoms with Gasteiger partial charge in [-0.05, 0) is 67.5 Å². The molecule has 1 heterocycles. The Labute approximate surface area is 189 Å². The van der Waals surface area contributed by atoms with Crippen molar-refractivity contribution >= 4 is 9.84 Å². The largest absolute Gasteiger partial charge is 0.437 e. The van der Waals surface area contributed by atoms with Crippen LogP contribution in [0.3, 0.4) is 0 Å². The van der Waals surface area contributed by atoms with E-state index >= 15 is 0 Å². The van der Waals surface area contributed by atoms with E-state index in [2.05, 4.69) is 4.98 Å². The molecule has 2 N–H and O–H groups in total. The van der Waals surface area contributed by atoms with Crippen LogP contribution in [-0.2, 0) is 26.7 Å². The fourth-order valence-corrected chi connectivity index (χ4v) is 7.68. The molecule has 0 aliphatic heterocycles. The van der Waals surface area contributed by atoms with Crippen molar-refractivity contribution in [2.75, 3.05) is 0 Å². The van der Waals surface area contributed by atoms with Gasteiger partial charge in [0.05, 0.1) is 10.6 Å². The second kappa shape index (κ2) is 7.61. The fraction of sp³-hybridized carbons (Fsp3) is 0.476. The monoisotopic (exact) mass is 514 g/mol. The zero-order chi connectivity index (χ0) is 25.3. The van der Waals surface area contributed by atoms with Crippen LogP contribution in [0.1, 0.15) is 36.2 Å². The molecule has 0 saturated heterocycles. The fourth-order valence-electron chi connectivity index (χ4n) is 5.21. The minimum Gasteiger partial charge on any atom is -0.327 e. The zero-order valence-electron chi connectivity index (χ0n) is 17.2. The van der Waals surface area contributed by atoms with E-state index in [0.29, 0.717) is 0 Å². The van der Waals surface area contributed by atoms with Gasteiger partial charge >= 0.3 is 18.0 Å². The molecule has 0 radical (unpaired) electrons. The van der Waals surface area contributed by atoms with E-state index in [-0.39, 0.29) is 47.9 Å². The van der Waals surface area contributed by atoms with Gasteiger partial charge in [-0.25, -0.2) is 17.2 Å². The van der Waals surface area contributed by atoms with Crippen LogP contribution >= 0.6 is 0 Å². The number of benzene rings is 1. The Bertz CT molecular complexity index is 1200. The summed E-state index contributed by atoms with van der Waals surface area (Å²) in [6.07, 6.45) is -12.7. The van der Waals surface area contributed by atoms with Gasteiger partial charge < -0.3 is 5.73 Å². The first-order valence-corrected chi connectivity index (χ1v) is 11.6. The summed E-state index contributed by atoms with van der Waals surface area (Å²) in [5.41, 5.74) is -1.99. The van der Waals surface area contributed by atoms with Gasteiger partial charge in [0.25, 0.3) is 0 Å². The molecule has 2 aliphatic carbocycles. The Morgan fingerprint density at radius 3 is 2.06 bits per heavy atom. The number of halogens is 8. The van der Waals surface area contributed by atoms with Crippen molar-refractivity contribution in [2.24, 2.45) is 11.7 Å². The molecule has 4 nitrogen and oxygen atoms in total. The molecular formula is C21H18F8N2O2S. The second-order valence-electron chi connectivity index (χ2n) is 8.54. The van der Waals surface area contributed by atoms with Crippen LogP contribution < -0.4 is 5.73 Å². The van der Waals surface area contributed by atoms with Crippen molar-refractivity contribution in [1.29, 1.82) is 0 Å². The third-order valence-corrected chi connectivity index (χ3v) is 9.40. The molecule has 3 atom stereocenters. The minimum atomic E-state index is -6.35. The van der Waals surface area contributed by atoms with Crippen LogP contribution in [0.15, 0.2) is 41.3 Å². The van der Waals surface area contributed by atoms with Gasteiger partial charge in [-0.3, -0.25) is 4.98 Å². The number of aromatic nitrogens is 1. The van der Waals surface area contributed by atoms with Crippen LogP contribution in [-0.4, -0.2) is 31.8 Å². The highest BCUT2D eigenvalue weighted by molar-refractivity contribution is 7.92. The Hall–Kier alpha value is -2.28. The molecule has 0 amide bonds. The highest BCUT2D eigenvalue weighted by atomic mass is 32.2. The van der Waals surface area contributed by atoms with Crippen LogP contribution in [0.5, 0.6) is 0 Å². The molecule has 4 rings (SSSR count). The number of nitrogens with two attached hydrogens (primary N) is 1. The molecule has 1 saturated carbocycles. The lowest BCUT2D eigenvalue weighted by Gasteiger charge is -2.41. The summed E-state index contributed by atoms with van der Waals surface area (Å²) in [5.74, 6) is -1.42. The average molecular weight is 514 g/mol. The lowest BCUT2D eigenvalue weighted by Crippen LogP contribution is -2.51. The first kappa shape index (κ1) is 24.8. The van der Waals surface area contributed by atoms with E-state index in [0.717, 1.165) is 30.3 Å². The molecule has 34 heavy (non-hydrogen) atoms. The smallest absolute Gasteiger partial charge is 0.327 e. The van der Waals surface area contributed by atoms with Gasteiger partial charge in [-0.2, -0.15) is 26.3 Å². The van der Waals surface area contributed by atoms with Crippen LogP contribution in [0.2, 0.25) is 0 Å². The minimum absolute atomic E-state index is 0.00235. The SMILES string of the molecule is N[C@@H]1CC[C@@]2(S(=O)(=O)c3ccc(F)cc3)c3ccc(C(F)(C(F)(F)F)C(F)(F)F)nc3CC[C@@H]12. The maximum absolute atomic E-state index is 14.6. The van der Waals surface area contributed by atoms with Crippen molar-refractivity contribution in [3.05, 3.63) is 59.2 Å². The molecule has 1 fully saturated rings. The molecule has 186 valence electrons. The Morgan fingerprint density at radius 1 is 0.912 bits per heavy atom. The lowest BCUT2D eigenvalue weighted by atomic mass is 9.76. The Balaban J connectivity index is 1.94. The standard InChI is InChI=1S/C21H18F8N2O2S/c22-11-1-3-12(4-2-11)34(32,33)18-10-9-15(30)13(18)5-7-16-14(18)6-8-17(31-16)19(23,20(24,25)26)21(27,28)29/h1-4,6,8,13,15H,5,7,9-10,30H2/t13-,15+,18-/m0/s1. The number of hydrogen-bond acceptors (Lipinski definition) is 4. The van der Waals surface area contributed by atoms with Crippen molar-refractivity contribution in [3.8, 4) is 0 Å². The lowest BCUT2D eigenvalue weighted by molar-refractivity contribution is -0.350. The van der Waals surface area contributed by atoms with E-state index in [1.54, 1.807) is 0 Å². The first-order chi connectivity index (χ1) is 15.6. The van der Waals surface area contributed by atoms with Gasteiger partial charge in [-0.1, -0.05) is 6.07 Å². The molecule has 0 spiro atoms. The number of fused-ring (bicyclic) bond motifs is 3. The Kier molecular flexibility index (Phi) is 5.56. The Morgan fingerprint density at radius 2 is 1.50 bits per heavy atom. The molecule has 0 unspecified atom stereocenters. The van der Waals surface area contributed by atoms with E-state index in [4.69, 9.17) is 5.73 Å². The van der Waals surface area contributed by atoms with Gasteiger partial charge in [0.15, 0.2) is 9.84 Å². The quantitative estimate of drug-likeness (QED) is 0.469. The highest BCUT2D eigenvalue weighted by Gasteiger charge is 2.75. The molecule has 2 aliphatic rings. The second-order valence-corrected chi connectivity index (χ2v) is 10.7. The van der Waals surface area contributed by atoms with Gasteiger partial charge in [-0.15, -0.1) is 0 Å². The van der Waals surface area contributed by atoms with Crippen molar-refractivity contribution < 1.29 is 43.5 Å². The molecule has 0 bridgehead atoms. The molecule has 13 heteroatoms. The van der Waals surface area contributed by atoms with E-state index in [9.17, 15) is 43.5 Å². The number of sulfone groups is 1. The zero-order valence-corrected chi connectivity index (χ0v) is 18.0. The first-order valence-electron chi connectivity index (χ1n) is 10.2. The summed E-state index contributed by atoms with van der Waals surface area (Å²) < 4.78 is 133. The van der Waals surface area contributed by atoms with Crippen LogP contribution in [0.25, 0.3) is 0 Å². The molecule has 2 aromatic rings. The number of aryl methyl sites for hydroxylation is 1. The summed E-state index contributed by atoms with van der Waals surface area (Å²) in [6.45, 7) is 0. The van der Waals surface area contributed by atoms with Crippen molar-refractivity contribution in [1.82, 2.24) is 4.98 Å². The summed E-state index contributed by atoms with van der Waals surface area (Å²) in [4.78, 5) is 3.11. The van der Waals surface area contributed by atoms with Crippen molar-refractivity contribution in [3.63, 3.8) is 0 Å². The number of nitrogens with zero attached hydrogens (tertiary/aromatic N) is 1. The van der Waals surface area contributed by atoms with Gasteiger partial charge in [0, 0.05) is 11.7 Å². The maximum atomic E-state index is 14.6. The summed E-state index contributed by atoms with van der Waals surface area (Å²) in [5, 5.41) is 0. The molecule has 1 aromatic carbocycles. The molecule has 1 aromatic heterocycles. The van der Waals surface area contributed by atoms with E-state index < -0.39 is 56.1 Å². The van der Waals surface area contributed by atoms with Gasteiger partial charge in [0.1, 0.15) is 10.6 Å².